The van der Waals surface area contributed by atoms with Crippen LogP contribution in [0, 0.1) is 5.41 Å². The van der Waals surface area contributed by atoms with Gasteiger partial charge in [-0.2, -0.15) is 0 Å². The molecular weight excluding hydrogens is 296 g/mol. The molecule has 124 valence electrons. The van der Waals surface area contributed by atoms with Crippen molar-refractivity contribution >= 4 is 11.9 Å². The van der Waals surface area contributed by atoms with E-state index in [4.69, 9.17) is 4.74 Å². The highest BCUT2D eigenvalue weighted by Crippen LogP contribution is 2.54. The monoisotopic (exact) mass is 318 g/mol. The lowest BCUT2D eigenvalue weighted by Gasteiger charge is -2.55. The summed E-state index contributed by atoms with van der Waals surface area (Å²) in [5.74, 6) is -1.13. The van der Waals surface area contributed by atoms with Crippen molar-refractivity contribution in [3.8, 4) is 0 Å². The highest BCUT2D eigenvalue weighted by Gasteiger charge is 2.59. The fraction of sp³-hybridized carbons (Fsp3) is 0.588. The van der Waals surface area contributed by atoms with E-state index in [1.54, 1.807) is 12.4 Å². The van der Waals surface area contributed by atoms with Crippen LogP contribution in [0.5, 0.6) is 0 Å². The molecule has 0 bridgehead atoms. The third-order valence-corrected chi connectivity index (χ3v) is 5.09. The van der Waals surface area contributed by atoms with E-state index in [0.29, 0.717) is 32.5 Å². The molecule has 2 aliphatic rings. The number of ether oxygens (including phenoxy) is 1. The Labute approximate surface area is 135 Å². The quantitative estimate of drug-likeness (QED) is 0.860. The summed E-state index contributed by atoms with van der Waals surface area (Å²) in [5, 5.41) is 12.4. The highest BCUT2D eigenvalue weighted by molar-refractivity contribution is 5.88. The SMILES string of the molecule is O=C(CCc1ccncc1)NC1(C(=O)O)CC2(CCOCC2)C1. The number of amides is 1. The molecule has 1 spiro atoms. The average Bonchev–Trinajstić information content (AvgIpc) is 2.53. The van der Waals surface area contributed by atoms with E-state index in [1.807, 2.05) is 12.1 Å². The topological polar surface area (TPSA) is 88.5 Å². The summed E-state index contributed by atoms with van der Waals surface area (Å²) >= 11 is 0. The largest absolute Gasteiger partial charge is 0.480 e. The maximum absolute atomic E-state index is 12.2. The molecule has 1 aromatic heterocycles. The Bertz CT molecular complexity index is 574. The van der Waals surface area contributed by atoms with Crippen LogP contribution in [0.4, 0.5) is 0 Å². The second-order valence-corrected chi connectivity index (χ2v) is 6.76. The summed E-state index contributed by atoms with van der Waals surface area (Å²) in [5.41, 5.74) is -0.0316. The van der Waals surface area contributed by atoms with E-state index >= 15 is 0 Å². The molecular formula is C17H22N2O4. The first-order valence-electron chi connectivity index (χ1n) is 8.05. The summed E-state index contributed by atoms with van der Waals surface area (Å²) in [7, 11) is 0. The molecule has 3 rings (SSSR count). The molecule has 2 heterocycles. The Balaban J connectivity index is 1.56. The number of hydrogen-bond donors (Lipinski definition) is 2. The molecule has 0 unspecified atom stereocenters. The number of carbonyl (C=O) groups is 2. The molecule has 1 aromatic rings. The summed E-state index contributed by atoms with van der Waals surface area (Å²) in [4.78, 5) is 27.8. The van der Waals surface area contributed by atoms with Gasteiger partial charge in [-0.05, 0) is 55.2 Å². The number of nitrogens with zero attached hydrogens (tertiary/aromatic N) is 1. The standard InChI is InChI=1S/C17H22N2O4/c20-14(2-1-13-3-7-18-8-4-13)19-17(15(21)22)11-16(12-17)5-9-23-10-6-16/h3-4,7-8H,1-2,5-6,9-12H2,(H,19,20)(H,21,22). The molecule has 2 fully saturated rings. The number of carbonyl (C=O) groups excluding carboxylic acids is 1. The van der Waals surface area contributed by atoms with Crippen LogP contribution in [0.2, 0.25) is 0 Å². The average molecular weight is 318 g/mol. The lowest BCUT2D eigenvalue weighted by molar-refractivity contribution is -0.165. The second-order valence-electron chi connectivity index (χ2n) is 6.76. The minimum Gasteiger partial charge on any atom is -0.480 e. The van der Waals surface area contributed by atoms with Gasteiger partial charge in [0.25, 0.3) is 0 Å². The van der Waals surface area contributed by atoms with E-state index in [9.17, 15) is 14.7 Å². The molecule has 23 heavy (non-hydrogen) atoms. The fourth-order valence-electron chi connectivity index (χ4n) is 3.82. The lowest BCUT2D eigenvalue weighted by Crippen LogP contribution is -2.67. The summed E-state index contributed by atoms with van der Waals surface area (Å²) < 4.78 is 5.36. The predicted octanol–water partition coefficient (Wildman–Crippen LogP) is 1.54. The van der Waals surface area contributed by atoms with Crippen molar-refractivity contribution in [2.24, 2.45) is 5.41 Å². The smallest absolute Gasteiger partial charge is 0.329 e. The third kappa shape index (κ3) is 3.37. The molecule has 0 radical (unpaired) electrons. The number of aromatic nitrogens is 1. The van der Waals surface area contributed by atoms with Crippen molar-refractivity contribution in [3.63, 3.8) is 0 Å². The number of rotatable bonds is 5. The van der Waals surface area contributed by atoms with Gasteiger partial charge in [0, 0.05) is 32.0 Å². The van der Waals surface area contributed by atoms with Gasteiger partial charge < -0.3 is 15.2 Å². The van der Waals surface area contributed by atoms with E-state index in [0.717, 1.165) is 18.4 Å². The minimum absolute atomic E-state index is 0.0367. The zero-order valence-corrected chi connectivity index (χ0v) is 13.1. The number of carboxylic acids is 1. The zero-order chi connectivity index (χ0) is 16.3. The zero-order valence-electron chi connectivity index (χ0n) is 13.1. The number of nitrogens with one attached hydrogen (secondary N) is 1. The van der Waals surface area contributed by atoms with Crippen molar-refractivity contribution in [3.05, 3.63) is 30.1 Å². The summed E-state index contributed by atoms with van der Waals surface area (Å²) in [6.45, 7) is 1.37. The van der Waals surface area contributed by atoms with Crippen molar-refractivity contribution in [2.45, 2.75) is 44.1 Å². The van der Waals surface area contributed by atoms with Crippen LogP contribution in [0.25, 0.3) is 0 Å². The molecule has 1 aliphatic heterocycles. The molecule has 0 aromatic carbocycles. The van der Waals surface area contributed by atoms with E-state index in [2.05, 4.69) is 10.3 Å². The number of aliphatic carboxylic acids is 1. The van der Waals surface area contributed by atoms with Gasteiger partial charge in [0.1, 0.15) is 5.54 Å². The van der Waals surface area contributed by atoms with Crippen LogP contribution < -0.4 is 5.32 Å². The Morgan fingerprint density at radius 2 is 1.87 bits per heavy atom. The van der Waals surface area contributed by atoms with Crippen LogP contribution >= 0.6 is 0 Å². The number of pyridine rings is 1. The number of hydrogen-bond acceptors (Lipinski definition) is 4. The fourth-order valence-corrected chi connectivity index (χ4v) is 3.82. The molecule has 6 nitrogen and oxygen atoms in total. The molecule has 1 saturated heterocycles. The Morgan fingerprint density at radius 1 is 1.22 bits per heavy atom. The van der Waals surface area contributed by atoms with E-state index in [1.165, 1.54) is 0 Å². The first-order valence-corrected chi connectivity index (χ1v) is 8.05. The third-order valence-electron chi connectivity index (χ3n) is 5.09. The maximum Gasteiger partial charge on any atom is 0.329 e. The molecule has 2 N–H and O–H groups in total. The number of aryl methyl sites for hydroxylation is 1. The van der Waals surface area contributed by atoms with Gasteiger partial charge in [-0.1, -0.05) is 0 Å². The van der Waals surface area contributed by atoms with Crippen LogP contribution in [0.15, 0.2) is 24.5 Å². The van der Waals surface area contributed by atoms with Crippen LogP contribution in [0.3, 0.4) is 0 Å². The summed E-state index contributed by atoms with van der Waals surface area (Å²) in [6.07, 6.45) is 7.04. The van der Waals surface area contributed by atoms with Gasteiger partial charge in [-0.15, -0.1) is 0 Å². The van der Waals surface area contributed by atoms with Gasteiger partial charge in [-0.3, -0.25) is 9.78 Å². The van der Waals surface area contributed by atoms with Crippen molar-refractivity contribution < 1.29 is 19.4 Å². The van der Waals surface area contributed by atoms with Crippen molar-refractivity contribution in [1.82, 2.24) is 10.3 Å². The van der Waals surface area contributed by atoms with Crippen molar-refractivity contribution in [1.29, 1.82) is 0 Å². The van der Waals surface area contributed by atoms with Gasteiger partial charge in [0.15, 0.2) is 0 Å². The molecule has 0 atom stereocenters. The lowest BCUT2D eigenvalue weighted by atomic mass is 9.54. The highest BCUT2D eigenvalue weighted by atomic mass is 16.5. The normalized spacial score (nSPS) is 21.4. The van der Waals surface area contributed by atoms with Gasteiger partial charge in [-0.25, -0.2) is 4.79 Å². The molecule has 6 heteroatoms. The van der Waals surface area contributed by atoms with Crippen molar-refractivity contribution in [2.75, 3.05) is 13.2 Å². The molecule has 1 aliphatic carbocycles. The van der Waals surface area contributed by atoms with Crippen LogP contribution in [0.1, 0.15) is 37.7 Å². The number of carboxylic acid groups (broad SMARTS) is 1. The van der Waals surface area contributed by atoms with E-state index in [-0.39, 0.29) is 17.7 Å². The first-order chi connectivity index (χ1) is 11.0. The van der Waals surface area contributed by atoms with Crippen LogP contribution in [-0.2, 0) is 20.7 Å². The molecule has 1 saturated carbocycles. The predicted molar refractivity (Wildman–Crippen MR) is 82.8 cm³/mol. The van der Waals surface area contributed by atoms with Gasteiger partial charge >= 0.3 is 5.97 Å². The second kappa shape index (κ2) is 6.28. The Hall–Kier alpha value is -1.95. The van der Waals surface area contributed by atoms with E-state index < -0.39 is 11.5 Å². The van der Waals surface area contributed by atoms with Gasteiger partial charge in [0.2, 0.25) is 5.91 Å². The Morgan fingerprint density at radius 3 is 2.48 bits per heavy atom. The maximum atomic E-state index is 12.2. The van der Waals surface area contributed by atoms with Gasteiger partial charge in [0.05, 0.1) is 0 Å². The molecule has 1 amide bonds. The summed E-state index contributed by atoms with van der Waals surface area (Å²) in [6, 6.07) is 3.72. The first kappa shape index (κ1) is 15.9. The minimum atomic E-state index is -1.09. The Kier molecular flexibility index (Phi) is 4.35. The van der Waals surface area contributed by atoms with Crippen LogP contribution in [-0.4, -0.2) is 40.7 Å².